The molecule has 0 unspecified atom stereocenters. The van der Waals surface area contributed by atoms with Crippen LogP contribution in [0.2, 0.25) is 0 Å². The Labute approximate surface area is 412 Å². The van der Waals surface area contributed by atoms with Crippen LogP contribution in [-0.4, -0.2) is 9.97 Å². The molecule has 2 heteroatoms. The zero-order valence-corrected chi connectivity index (χ0v) is 38.8. The van der Waals surface area contributed by atoms with Gasteiger partial charge in [0.05, 0.1) is 16.8 Å². The number of hydrogen-bond donors (Lipinski definition) is 0. The van der Waals surface area contributed by atoms with Gasteiger partial charge in [0, 0.05) is 16.7 Å². The Bertz CT molecular complexity index is 4160. The minimum Gasteiger partial charge on any atom is -0.228 e. The minimum atomic E-state index is -0.585. The molecule has 1 aliphatic carbocycles. The van der Waals surface area contributed by atoms with E-state index in [1.165, 1.54) is 93.2 Å². The van der Waals surface area contributed by atoms with Gasteiger partial charge >= 0.3 is 0 Å². The van der Waals surface area contributed by atoms with E-state index in [2.05, 4.69) is 261 Å². The molecule has 0 saturated heterocycles. The summed E-state index contributed by atoms with van der Waals surface area (Å²) in [4.78, 5) is 10.8. The molecule has 0 bridgehead atoms. The minimum absolute atomic E-state index is 0.585. The highest BCUT2D eigenvalue weighted by Crippen LogP contribution is 2.58. The van der Waals surface area contributed by atoms with Crippen molar-refractivity contribution in [3.8, 4) is 67.3 Å². The average molecular weight is 901 g/mol. The van der Waals surface area contributed by atoms with Gasteiger partial charge in [-0.1, -0.05) is 255 Å². The monoisotopic (exact) mass is 900 g/mol. The topological polar surface area (TPSA) is 25.8 Å². The van der Waals surface area contributed by atoms with Gasteiger partial charge in [-0.15, -0.1) is 0 Å². The number of rotatable bonds is 7. The summed E-state index contributed by atoms with van der Waals surface area (Å²) in [5.41, 5.74) is 16.5. The number of aromatic nitrogens is 2. The summed E-state index contributed by atoms with van der Waals surface area (Å²) < 4.78 is 0. The fraction of sp³-hybridized carbons (Fsp3) is 0.0145. The van der Waals surface area contributed by atoms with Gasteiger partial charge in [-0.3, -0.25) is 0 Å². The van der Waals surface area contributed by atoms with Crippen molar-refractivity contribution >= 4 is 43.1 Å². The Morgan fingerprint density at radius 2 is 0.817 bits per heavy atom. The summed E-state index contributed by atoms with van der Waals surface area (Å²) in [6, 6.07) is 97.2. The van der Waals surface area contributed by atoms with Gasteiger partial charge in [0.2, 0.25) is 0 Å². The van der Waals surface area contributed by atoms with Gasteiger partial charge in [0.1, 0.15) is 0 Å². The molecule has 14 rings (SSSR count). The van der Waals surface area contributed by atoms with Gasteiger partial charge in [-0.25, -0.2) is 9.97 Å². The second-order valence-electron chi connectivity index (χ2n) is 18.7. The van der Waals surface area contributed by atoms with E-state index < -0.39 is 5.41 Å². The van der Waals surface area contributed by atoms with Crippen LogP contribution in [0.25, 0.3) is 110 Å². The third-order valence-corrected chi connectivity index (χ3v) is 15.0. The maximum atomic E-state index is 5.47. The molecule has 0 fully saturated rings. The second kappa shape index (κ2) is 16.5. The summed E-state index contributed by atoms with van der Waals surface area (Å²) in [6.07, 6.45) is 0. The Morgan fingerprint density at radius 1 is 0.268 bits per heavy atom. The highest BCUT2D eigenvalue weighted by molar-refractivity contribution is 6.23. The summed E-state index contributed by atoms with van der Waals surface area (Å²) in [5, 5.41) is 10.0. The summed E-state index contributed by atoms with van der Waals surface area (Å²) >= 11 is 0. The Morgan fingerprint density at radius 3 is 1.56 bits per heavy atom. The summed E-state index contributed by atoms with van der Waals surface area (Å²) in [7, 11) is 0. The first-order valence-corrected chi connectivity index (χ1v) is 24.5. The highest BCUT2D eigenvalue weighted by Gasteiger charge is 2.47. The normalized spacial score (nSPS) is 12.6. The highest BCUT2D eigenvalue weighted by atomic mass is 14.9. The smallest absolute Gasteiger partial charge is 0.160 e. The van der Waals surface area contributed by atoms with Gasteiger partial charge in [-0.05, 0) is 111 Å². The van der Waals surface area contributed by atoms with Gasteiger partial charge < -0.3 is 0 Å². The number of nitrogens with zero attached hydrogens (tertiary/aromatic N) is 2. The molecule has 71 heavy (non-hydrogen) atoms. The Hall–Kier alpha value is -9.24. The molecule has 12 aromatic carbocycles. The molecule has 0 spiro atoms. The standard InChI is InChI=1S/C69H44N2/c1-4-20-48(21-5-1)68-70-64(44-65(71-68)61-33-18-32-60-57-31-16-17-34-63(57)69(67(60)61,50-23-6-2-7-24-50)51-25-8-3-9-26-51)47-37-35-46(36-38-47)53-41-42-58(56-30-15-14-29-55(53)56)66-54-28-13-11-22-49(54)43-62-52-27-12-10-19-45(52)39-40-59(62)66/h1-44H. The van der Waals surface area contributed by atoms with Crippen LogP contribution >= 0.6 is 0 Å². The number of fused-ring (bicyclic) bond motifs is 8. The fourth-order valence-electron chi connectivity index (χ4n) is 11.9. The van der Waals surface area contributed by atoms with Crippen LogP contribution in [0, 0.1) is 0 Å². The molecule has 1 aromatic heterocycles. The van der Waals surface area contributed by atoms with E-state index in [0.717, 1.165) is 33.6 Å². The summed E-state index contributed by atoms with van der Waals surface area (Å²) in [6.45, 7) is 0. The van der Waals surface area contributed by atoms with Crippen LogP contribution < -0.4 is 0 Å². The molecule has 13 aromatic rings. The van der Waals surface area contributed by atoms with Crippen molar-refractivity contribution < 1.29 is 0 Å². The van der Waals surface area contributed by atoms with E-state index in [4.69, 9.17) is 9.97 Å². The predicted octanol–water partition coefficient (Wildman–Crippen LogP) is 17.8. The molecule has 1 aliphatic rings. The van der Waals surface area contributed by atoms with Crippen molar-refractivity contribution in [1.82, 2.24) is 9.97 Å². The molecular weight excluding hydrogens is 857 g/mol. The van der Waals surface area contributed by atoms with Gasteiger partial charge in [0.25, 0.3) is 0 Å². The van der Waals surface area contributed by atoms with Crippen molar-refractivity contribution in [1.29, 1.82) is 0 Å². The second-order valence-corrected chi connectivity index (χ2v) is 18.7. The maximum Gasteiger partial charge on any atom is 0.160 e. The zero-order chi connectivity index (χ0) is 46.9. The lowest BCUT2D eigenvalue weighted by molar-refractivity contribution is 0.769. The van der Waals surface area contributed by atoms with Gasteiger partial charge in [-0.2, -0.15) is 0 Å². The largest absolute Gasteiger partial charge is 0.228 e. The SMILES string of the molecule is c1ccc(-c2nc(-c3ccc(-c4ccc(-c5c6ccccc6cc6c5ccc5ccccc56)c5ccccc45)cc3)cc(-c3cccc4c3C(c3ccccc3)(c3ccccc3)c3ccccc3-4)n2)cc1. The molecule has 0 atom stereocenters. The first-order valence-electron chi connectivity index (χ1n) is 24.5. The number of benzene rings is 12. The van der Waals surface area contributed by atoms with Crippen molar-refractivity contribution in [2.75, 3.05) is 0 Å². The van der Waals surface area contributed by atoms with Crippen molar-refractivity contribution in [2.24, 2.45) is 0 Å². The van der Waals surface area contributed by atoms with Crippen LogP contribution in [-0.2, 0) is 5.41 Å². The van der Waals surface area contributed by atoms with E-state index >= 15 is 0 Å². The lowest BCUT2D eigenvalue weighted by atomic mass is 9.66. The van der Waals surface area contributed by atoms with E-state index in [1.54, 1.807) is 0 Å². The van der Waals surface area contributed by atoms with E-state index in [0.29, 0.717) is 5.82 Å². The Balaban J connectivity index is 0.928. The van der Waals surface area contributed by atoms with Crippen LogP contribution in [0.4, 0.5) is 0 Å². The maximum absolute atomic E-state index is 5.47. The average Bonchev–Trinajstić information content (AvgIpc) is 3.76. The molecule has 0 N–H and O–H groups in total. The van der Waals surface area contributed by atoms with Crippen LogP contribution in [0.5, 0.6) is 0 Å². The third kappa shape index (κ3) is 6.42. The van der Waals surface area contributed by atoms with Crippen molar-refractivity contribution in [3.05, 3.63) is 289 Å². The first kappa shape index (κ1) is 40.8. The number of hydrogen-bond acceptors (Lipinski definition) is 2. The van der Waals surface area contributed by atoms with Crippen LogP contribution in [0.1, 0.15) is 22.3 Å². The fourth-order valence-corrected chi connectivity index (χ4v) is 11.9. The van der Waals surface area contributed by atoms with Gasteiger partial charge in [0.15, 0.2) is 5.82 Å². The molecular formula is C69H44N2. The van der Waals surface area contributed by atoms with E-state index in [9.17, 15) is 0 Å². The lowest BCUT2D eigenvalue weighted by Gasteiger charge is -2.35. The van der Waals surface area contributed by atoms with E-state index in [1.807, 2.05) is 6.07 Å². The lowest BCUT2D eigenvalue weighted by Crippen LogP contribution is -2.29. The molecule has 2 nitrogen and oxygen atoms in total. The molecule has 330 valence electrons. The molecule has 0 radical (unpaired) electrons. The quantitative estimate of drug-likeness (QED) is 0.118. The Kier molecular flexibility index (Phi) is 9.47. The van der Waals surface area contributed by atoms with Crippen LogP contribution in [0.15, 0.2) is 267 Å². The molecule has 0 saturated carbocycles. The zero-order valence-electron chi connectivity index (χ0n) is 38.8. The molecule has 0 aliphatic heterocycles. The van der Waals surface area contributed by atoms with Crippen molar-refractivity contribution in [2.45, 2.75) is 5.41 Å². The van der Waals surface area contributed by atoms with Crippen molar-refractivity contribution in [3.63, 3.8) is 0 Å². The predicted molar refractivity (Wildman–Crippen MR) is 297 cm³/mol. The molecule has 0 amide bonds. The molecule has 1 heterocycles. The summed E-state index contributed by atoms with van der Waals surface area (Å²) in [5.74, 6) is 0.691. The van der Waals surface area contributed by atoms with E-state index in [-0.39, 0.29) is 0 Å². The third-order valence-electron chi connectivity index (χ3n) is 15.0. The first-order chi connectivity index (χ1) is 35.2. The van der Waals surface area contributed by atoms with Crippen LogP contribution in [0.3, 0.4) is 0 Å².